The van der Waals surface area contributed by atoms with Gasteiger partial charge in [-0.1, -0.05) is 24.3 Å². The minimum absolute atomic E-state index is 0.276. The van der Waals surface area contributed by atoms with Gasteiger partial charge >= 0.3 is 6.01 Å². The summed E-state index contributed by atoms with van der Waals surface area (Å²) in [6, 6.07) is 14.4. The van der Waals surface area contributed by atoms with Gasteiger partial charge in [-0.15, -0.1) is 10.2 Å². The maximum atomic E-state index is 13.4. The lowest BCUT2D eigenvalue weighted by Gasteiger charge is -2.11. The number of nitrogens with zero attached hydrogens (tertiary/aromatic N) is 5. The molecule has 4 rings (SSSR count). The number of aromatic nitrogens is 5. The number of aryl methyl sites for hydroxylation is 1. The Labute approximate surface area is 154 Å². The SMILES string of the molecule is COc1nc2ccccc2n1-c1nnc(C)c(NCc2cccc(F)c2)n1. The molecule has 7 nitrogen and oxygen atoms in total. The van der Waals surface area contributed by atoms with Gasteiger partial charge in [0.25, 0.3) is 5.95 Å². The van der Waals surface area contributed by atoms with E-state index in [0.717, 1.165) is 16.6 Å². The molecule has 0 spiro atoms. The molecular weight excluding hydrogens is 347 g/mol. The topological polar surface area (TPSA) is 77.8 Å². The molecule has 0 amide bonds. The summed E-state index contributed by atoms with van der Waals surface area (Å²) < 4.78 is 20.4. The number of fused-ring (bicyclic) bond motifs is 1. The molecule has 4 aromatic rings. The van der Waals surface area contributed by atoms with Crippen LogP contribution in [0.1, 0.15) is 11.3 Å². The summed E-state index contributed by atoms with van der Waals surface area (Å²) in [5.41, 5.74) is 3.03. The molecule has 136 valence electrons. The molecule has 0 aliphatic carbocycles. The van der Waals surface area contributed by atoms with E-state index < -0.39 is 0 Å². The standard InChI is InChI=1S/C19H17FN6O/c1-12-17(21-11-13-6-5-7-14(20)10-13)23-18(25-24-12)26-16-9-4-3-8-15(16)22-19(26)27-2/h3-10H,11H2,1-2H3,(H,21,23,25). The van der Waals surface area contributed by atoms with E-state index in [1.807, 2.05) is 30.3 Å². The molecule has 0 bridgehead atoms. The maximum absolute atomic E-state index is 13.4. The minimum Gasteiger partial charge on any atom is -0.468 e. The highest BCUT2D eigenvalue weighted by Gasteiger charge is 2.16. The van der Waals surface area contributed by atoms with Gasteiger partial charge in [-0.25, -0.2) is 8.96 Å². The van der Waals surface area contributed by atoms with Crippen molar-refractivity contribution in [2.24, 2.45) is 0 Å². The van der Waals surface area contributed by atoms with E-state index in [9.17, 15) is 4.39 Å². The summed E-state index contributed by atoms with van der Waals surface area (Å²) in [6.07, 6.45) is 0. The van der Waals surface area contributed by atoms with E-state index in [1.165, 1.54) is 12.1 Å². The number of hydrogen-bond donors (Lipinski definition) is 1. The van der Waals surface area contributed by atoms with E-state index in [0.29, 0.717) is 30.0 Å². The lowest BCUT2D eigenvalue weighted by molar-refractivity contribution is 0.373. The third-order valence-corrected chi connectivity index (χ3v) is 4.11. The molecule has 0 atom stereocenters. The average Bonchev–Trinajstić information content (AvgIpc) is 3.06. The molecule has 1 N–H and O–H groups in total. The van der Waals surface area contributed by atoms with Gasteiger partial charge in [0, 0.05) is 6.54 Å². The summed E-state index contributed by atoms with van der Waals surface area (Å²) in [5.74, 6) is 0.624. The number of hydrogen-bond acceptors (Lipinski definition) is 6. The van der Waals surface area contributed by atoms with Crippen molar-refractivity contribution in [3.05, 3.63) is 65.6 Å². The molecule has 0 unspecified atom stereocenters. The van der Waals surface area contributed by atoms with Crippen molar-refractivity contribution >= 4 is 16.9 Å². The van der Waals surface area contributed by atoms with Gasteiger partial charge in [0.2, 0.25) is 0 Å². The number of benzene rings is 2. The molecule has 2 heterocycles. The third kappa shape index (κ3) is 3.29. The Balaban J connectivity index is 1.70. The van der Waals surface area contributed by atoms with Crippen LogP contribution in [0.2, 0.25) is 0 Å². The minimum atomic E-state index is -0.276. The highest BCUT2D eigenvalue weighted by molar-refractivity contribution is 5.78. The van der Waals surface area contributed by atoms with Gasteiger partial charge in [-0.3, -0.25) is 0 Å². The van der Waals surface area contributed by atoms with Gasteiger partial charge in [0.05, 0.1) is 18.1 Å². The first-order chi connectivity index (χ1) is 13.2. The Morgan fingerprint density at radius 3 is 2.74 bits per heavy atom. The second-order valence-corrected chi connectivity index (χ2v) is 5.95. The molecular formula is C19H17FN6O. The van der Waals surface area contributed by atoms with E-state index in [2.05, 4.69) is 25.5 Å². The van der Waals surface area contributed by atoms with Gasteiger partial charge in [0.15, 0.2) is 5.82 Å². The number of para-hydroxylation sites is 2. The number of methoxy groups -OCH3 is 1. The highest BCUT2D eigenvalue weighted by Crippen LogP contribution is 2.24. The van der Waals surface area contributed by atoms with Crippen LogP contribution < -0.4 is 10.1 Å². The second kappa shape index (κ2) is 6.99. The van der Waals surface area contributed by atoms with Gasteiger partial charge in [-0.05, 0) is 36.8 Å². The van der Waals surface area contributed by atoms with Crippen LogP contribution in [0, 0.1) is 12.7 Å². The molecule has 0 saturated heterocycles. The van der Waals surface area contributed by atoms with Crippen LogP contribution in [0.25, 0.3) is 17.0 Å². The summed E-state index contributed by atoms with van der Waals surface area (Å²) >= 11 is 0. The zero-order valence-electron chi connectivity index (χ0n) is 14.8. The Morgan fingerprint density at radius 1 is 1.07 bits per heavy atom. The van der Waals surface area contributed by atoms with Crippen LogP contribution in [0.5, 0.6) is 6.01 Å². The van der Waals surface area contributed by atoms with Crippen molar-refractivity contribution in [1.29, 1.82) is 0 Å². The summed E-state index contributed by atoms with van der Waals surface area (Å²) in [6.45, 7) is 2.22. The van der Waals surface area contributed by atoms with Crippen LogP contribution in [0.3, 0.4) is 0 Å². The molecule has 27 heavy (non-hydrogen) atoms. The van der Waals surface area contributed by atoms with Crippen LogP contribution >= 0.6 is 0 Å². The normalized spacial score (nSPS) is 10.9. The quantitative estimate of drug-likeness (QED) is 0.586. The fourth-order valence-corrected chi connectivity index (χ4v) is 2.80. The van der Waals surface area contributed by atoms with E-state index in [1.54, 1.807) is 24.7 Å². The maximum Gasteiger partial charge on any atom is 0.304 e. The third-order valence-electron chi connectivity index (χ3n) is 4.11. The van der Waals surface area contributed by atoms with Gasteiger partial charge < -0.3 is 10.1 Å². The number of imidazole rings is 1. The molecule has 0 aliphatic rings. The molecule has 8 heteroatoms. The van der Waals surface area contributed by atoms with E-state index >= 15 is 0 Å². The molecule has 2 aromatic carbocycles. The predicted octanol–water partition coefficient (Wildman–Crippen LogP) is 3.28. The van der Waals surface area contributed by atoms with E-state index in [-0.39, 0.29) is 5.82 Å². The number of ether oxygens (including phenoxy) is 1. The number of halogens is 1. The monoisotopic (exact) mass is 364 g/mol. The first kappa shape index (κ1) is 16.9. The largest absolute Gasteiger partial charge is 0.468 e. The van der Waals surface area contributed by atoms with Crippen molar-refractivity contribution in [2.45, 2.75) is 13.5 Å². The van der Waals surface area contributed by atoms with Crippen molar-refractivity contribution < 1.29 is 9.13 Å². The molecule has 0 radical (unpaired) electrons. The number of rotatable bonds is 5. The average molecular weight is 364 g/mol. The predicted molar refractivity (Wildman–Crippen MR) is 99.5 cm³/mol. The van der Waals surface area contributed by atoms with Crippen LogP contribution in [-0.4, -0.2) is 31.8 Å². The molecule has 0 aliphatic heterocycles. The van der Waals surface area contributed by atoms with Crippen molar-refractivity contribution in [3.8, 4) is 12.0 Å². The first-order valence-electron chi connectivity index (χ1n) is 8.37. The van der Waals surface area contributed by atoms with E-state index in [4.69, 9.17) is 4.74 Å². The lowest BCUT2D eigenvalue weighted by atomic mass is 10.2. The Hall–Kier alpha value is -3.55. The second-order valence-electron chi connectivity index (χ2n) is 5.95. The Kier molecular flexibility index (Phi) is 4.37. The zero-order valence-corrected chi connectivity index (χ0v) is 14.8. The molecule has 0 saturated carbocycles. The molecule has 0 fully saturated rings. The summed E-state index contributed by atoms with van der Waals surface area (Å²) in [7, 11) is 1.54. The fraction of sp³-hybridized carbons (Fsp3) is 0.158. The van der Waals surface area contributed by atoms with Gasteiger partial charge in [-0.2, -0.15) is 9.97 Å². The summed E-state index contributed by atoms with van der Waals surface area (Å²) in [5, 5.41) is 11.6. The van der Waals surface area contributed by atoms with Crippen LogP contribution in [0.15, 0.2) is 48.5 Å². The van der Waals surface area contributed by atoms with Crippen molar-refractivity contribution in [3.63, 3.8) is 0 Å². The number of nitrogens with one attached hydrogen (secondary N) is 1. The van der Waals surface area contributed by atoms with Crippen molar-refractivity contribution in [1.82, 2.24) is 24.7 Å². The number of anilines is 1. The Morgan fingerprint density at radius 2 is 1.93 bits per heavy atom. The zero-order chi connectivity index (χ0) is 18.8. The van der Waals surface area contributed by atoms with Crippen LogP contribution in [-0.2, 0) is 6.54 Å². The molecule has 2 aromatic heterocycles. The summed E-state index contributed by atoms with van der Waals surface area (Å²) in [4.78, 5) is 9.01. The first-order valence-corrected chi connectivity index (χ1v) is 8.37. The fourth-order valence-electron chi connectivity index (χ4n) is 2.80. The lowest BCUT2D eigenvalue weighted by Crippen LogP contribution is -2.11. The van der Waals surface area contributed by atoms with Gasteiger partial charge in [0.1, 0.15) is 11.5 Å². The van der Waals surface area contributed by atoms with Crippen LogP contribution in [0.4, 0.5) is 10.2 Å². The Bertz CT molecular complexity index is 1110. The smallest absolute Gasteiger partial charge is 0.304 e. The van der Waals surface area contributed by atoms with Crippen molar-refractivity contribution in [2.75, 3.05) is 12.4 Å². The highest BCUT2D eigenvalue weighted by atomic mass is 19.1.